The quantitative estimate of drug-likeness (QED) is 0.530. The van der Waals surface area contributed by atoms with E-state index in [-0.39, 0.29) is 6.61 Å². The number of hydrogen-bond acceptors (Lipinski definition) is 7. The minimum Gasteiger partial charge on any atom is -0.459 e. The van der Waals surface area contributed by atoms with Crippen LogP contribution < -0.4 is 0 Å². The second kappa shape index (κ2) is 9.29. The van der Waals surface area contributed by atoms with Gasteiger partial charge in [0.05, 0.1) is 5.56 Å². The fraction of sp³-hybridized carbons (Fsp3) is 0.296. The van der Waals surface area contributed by atoms with Crippen molar-refractivity contribution in [1.29, 1.82) is 0 Å². The Hall–Kier alpha value is -3.07. The third-order valence-electron chi connectivity index (χ3n) is 6.22. The number of benzene rings is 3. The first-order valence-electron chi connectivity index (χ1n) is 11.4. The Kier molecular flexibility index (Phi) is 5.86. The van der Waals surface area contributed by atoms with Crippen LogP contribution in [0.3, 0.4) is 0 Å². The van der Waals surface area contributed by atoms with Crippen LogP contribution in [0.4, 0.5) is 0 Å². The molecule has 0 bridgehead atoms. The van der Waals surface area contributed by atoms with Crippen LogP contribution in [0.2, 0.25) is 0 Å². The highest BCUT2D eigenvalue weighted by Gasteiger charge is 2.58. The van der Waals surface area contributed by atoms with E-state index < -0.39 is 49.3 Å². The lowest BCUT2D eigenvalue weighted by Crippen LogP contribution is -2.56. The number of fused-ring (bicyclic) bond motifs is 3. The van der Waals surface area contributed by atoms with Crippen molar-refractivity contribution in [2.75, 3.05) is 6.61 Å². The molecule has 34 heavy (non-hydrogen) atoms. The van der Waals surface area contributed by atoms with E-state index in [9.17, 15) is 4.79 Å². The zero-order valence-electron chi connectivity index (χ0n) is 18.3. The Bertz CT molecular complexity index is 1110. The second-order valence-electron chi connectivity index (χ2n) is 8.43. The van der Waals surface area contributed by atoms with Crippen LogP contribution in [0, 0.1) is 0 Å². The summed E-state index contributed by atoms with van der Waals surface area (Å²) in [4.78, 5) is 12.5. The smallest absolute Gasteiger partial charge is 0.338 e. The van der Waals surface area contributed by atoms with Gasteiger partial charge in [-0.05, 0) is 12.1 Å². The summed E-state index contributed by atoms with van der Waals surface area (Å²) in [5.41, 5.74) is 2.26. The summed E-state index contributed by atoms with van der Waals surface area (Å²) < 4.78 is 36.7. The monoisotopic (exact) mass is 460 g/mol. The minimum absolute atomic E-state index is 0.00233. The first-order chi connectivity index (χ1) is 16.8. The Morgan fingerprint density at radius 1 is 0.618 bits per heavy atom. The molecule has 3 aromatic carbocycles. The van der Waals surface area contributed by atoms with Crippen molar-refractivity contribution in [3.8, 4) is 0 Å². The van der Waals surface area contributed by atoms with Gasteiger partial charge >= 0.3 is 5.97 Å². The van der Waals surface area contributed by atoms with Crippen molar-refractivity contribution in [3.05, 3.63) is 108 Å². The van der Waals surface area contributed by atoms with E-state index in [1.54, 1.807) is 24.3 Å². The molecule has 3 aromatic rings. The predicted molar refractivity (Wildman–Crippen MR) is 119 cm³/mol. The summed E-state index contributed by atoms with van der Waals surface area (Å²) in [6.07, 6.45) is -3.83. The zero-order chi connectivity index (χ0) is 22.9. The van der Waals surface area contributed by atoms with Crippen LogP contribution in [-0.2, 0) is 28.4 Å². The van der Waals surface area contributed by atoms with Crippen LogP contribution in [0.25, 0.3) is 0 Å². The van der Waals surface area contributed by atoms with E-state index in [2.05, 4.69) is 0 Å². The normalized spacial score (nSPS) is 32.1. The van der Waals surface area contributed by atoms with E-state index in [1.165, 1.54) is 0 Å². The molecule has 7 nitrogen and oxygen atoms in total. The van der Waals surface area contributed by atoms with E-state index in [0.29, 0.717) is 5.56 Å². The van der Waals surface area contributed by atoms with Gasteiger partial charge in [-0.3, -0.25) is 0 Å². The molecule has 0 spiro atoms. The van der Waals surface area contributed by atoms with Crippen molar-refractivity contribution in [1.82, 2.24) is 0 Å². The lowest BCUT2D eigenvalue weighted by molar-refractivity contribution is -0.231. The van der Waals surface area contributed by atoms with E-state index >= 15 is 0 Å². The lowest BCUT2D eigenvalue weighted by Gasteiger charge is -2.36. The molecule has 3 aliphatic rings. The van der Waals surface area contributed by atoms with Gasteiger partial charge in [0.1, 0.15) is 31.0 Å². The first-order valence-corrected chi connectivity index (χ1v) is 11.4. The van der Waals surface area contributed by atoms with Crippen molar-refractivity contribution in [2.24, 2.45) is 0 Å². The fourth-order valence-electron chi connectivity index (χ4n) is 4.55. The predicted octanol–water partition coefficient (Wildman–Crippen LogP) is 4.17. The highest BCUT2D eigenvalue weighted by molar-refractivity contribution is 5.89. The van der Waals surface area contributed by atoms with Crippen molar-refractivity contribution in [3.63, 3.8) is 0 Å². The van der Waals surface area contributed by atoms with Gasteiger partial charge in [-0.15, -0.1) is 0 Å². The van der Waals surface area contributed by atoms with Crippen LogP contribution >= 0.6 is 0 Å². The average Bonchev–Trinajstić information content (AvgIpc) is 3.53. The average molecular weight is 460 g/mol. The van der Waals surface area contributed by atoms with Gasteiger partial charge in [-0.2, -0.15) is 0 Å². The lowest BCUT2D eigenvalue weighted by atomic mass is 9.99. The maximum Gasteiger partial charge on any atom is 0.338 e. The molecule has 0 aromatic heterocycles. The zero-order valence-corrected chi connectivity index (χ0v) is 18.3. The number of rotatable bonds is 5. The molecule has 3 fully saturated rings. The van der Waals surface area contributed by atoms with Gasteiger partial charge in [-0.25, -0.2) is 4.79 Å². The molecule has 7 unspecified atom stereocenters. The topological polar surface area (TPSA) is 72.5 Å². The molecule has 3 saturated heterocycles. The van der Waals surface area contributed by atoms with Crippen LogP contribution in [0.1, 0.15) is 34.1 Å². The molecular weight excluding hydrogens is 436 g/mol. The van der Waals surface area contributed by atoms with Gasteiger partial charge in [0.25, 0.3) is 0 Å². The summed E-state index contributed by atoms with van der Waals surface area (Å²) in [7, 11) is 0. The highest BCUT2D eigenvalue weighted by Crippen LogP contribution is 2.45. The van der Waals surface area contributed by atoms with Crippen molar-refractivity contribution in [2.45, 2.75) is 43.3 Å². The number of ether oxygens (including phenoxy) is 6. The SMILES string of the molecule is O=C(OCC1OC2OC(c3ccccc3)OC2C2OC(c3ccccc3)OC12)c1ccccc1. The molecule has 0 aliphatic carbocycles. The largest absolute Gasteiger partial charge is 0.459 e. The molecule has 7 atom stereocenters. The van der Waals surface area contributed by atoms with Crippen molar-refractivity contribution < 1.29 is 33.2 Å². The fourth-order valence-corrected chi connectivity index (χ4v) is 4.55. The van der Waals surface area contributed by atoms with E-state index in [1.807, 2.05) is 66.7 Å². The molecule has 7 heteroatoms. The van der Waals surface area contributed by atoms with Crippen LogP contribution in [0.15, 0.2) is 91.0 Å². The maximum absolute atomic E-state index is 12.5. The molecule has 0 saturated carbocycles. The van der Waals surface area contributed by atoms with E-state index in [4.69, 9.17) is 28.4 Å². The number of carbonyl (C=O) groups is 1. The van der Waals surface area contributed by atoms with Crippen LogP contribution in [-0.4, -0.2) is 43.3 Å². The minimum atomic E-state index is -0.676. The Morgan fingerprint density at radius 3 is 1.79 bits per heavy atom. The molecule has 0 radical (unpaired) electrons. The highest BCUT2D eigenvalue weighted by atomic mass is 16.8. The second-order valence-corrected chi connectivity index (χ2v) is 8.43. The Labute approximate surface area is 197 Å². The molecule has 3 aliphatic heterocycles. The number of esters is 1. The number of hydrogen-bond donors (Lipinski definition) is 0. The third-order valence-corrected chi connectivity index (χ3v) is 6.22. The molecule has 0 N–H and O–H groups in total. The molecule has 174 valence electrons. The summed E-state index contributed by atoms with van der Waals surface area (Å²) in [6, 6.07) is 28.2. The van der Waals surface area contributed by atoms with E-state index in [0.717, 1.165) is 11.1 Å². The van der Waals surface area contributed by atoms with Crippen LogP contribution in [0.5, 0.6) is 0 Å². The van der Waals surface area contributed by atoms with Gasteiger partial charge in [0.2, 0.25) is 0 Å². The number of carbonyl (C=O) groups excluding carboxylic acids is 1. The first kappa shape index (κ1) is 21.5. The van der Waals surface area contributed by atoms with Crippen molar-refractivity contribution >= 4 is 5.97 Å². The Balaban J connectivity index is 1.22. The summed E-state index contributed by atoms with van der Waals surface area (Å²) in [5, 5.41) is 0. The maximum atomic E-state index is 12.5. The molecule has 6 rings (SSSR count). The summed E-state index contributed by atoms with van der Waals surface area (Å²) >= 11 is 0. The Morgan fingerprint density at radius 2 is 1.15 bits per heavy atom. The third kappa shape index (κ3) is 4.13. The van der Waals surface area contributed by atoms with Gasteiger partial charge in [0, 0.05) is 11.1 Å². The van der Waals surface area contributed by atoms with Gasteiger partial charge < -0.3 is 28.4 Å². The molecule has 3 heterocycles. The summed E-state index contributed by atoms with van der Waals surface area (Å²) in [6.45, 7) is 0.00233. The summed E-state index contributed by atoms with van der Waals surface area (Å²) in [5.74, 6) is -0.424. The standard InChI is InChI=1S/C27H24O7/c28-24(17-10-4-1-5-11-17)29-16-20-21-22(32-25(31-21)18-12-6-2-7-13-18)23-27(30-20)34-26(33-23)19-14-8-3-9-15-19/h1-15,20-23,25-27H,16H2. The molecule has 0 amide bonds. The molecular formula is C27H24O7. The van der Waals surface area contributed by atoms with Gasteiger partial charge in [0.15, 0.2) is 18.9 Å². The van der Waals surface area contributed by atoms with Gasteiger partial charge in [-0.1, -0.05) is 78.9 Å².